The van der Waals surface area contributed by atoms with E-state index in [2.05, 4.69) is 10.3 Å². The van der Waals surface area contributed by atoms with E-state index in [0.29, 0.717) is 11.6 Å². The van der Waals surface area contributed by atoms with Crippen LogP contribution in [0.25, 0.3) is 0 Å². The van der Waals surface area contributed by atoms with Crippen molar-refractivity contribution in [3.63, 3.8) is 0 Å². The van der Waals surface area contributed by atoms with E-state index >= 15 is 0 Å². The molecule has 0 aliphatic carbocycles. The molecular weight excluding hydrogens is 265 g/mol. The molecule has 0 saturated heterocycles. The summed E-state index contributed by atoms with van der Waals surface area (Å²) in [5.41, 5.74) is 0.652. The molecule has 0 fully saturated rings. The second-order valence-corrected chi connectivity index (χ2v) is 4.11. The first kappa shape index (κ1) is 11.9. The summed E-state index contributed by atoms with van der Waals surface area (Å²) in [6.45, 7) is 0.344. The first-order chi connectivity index (χ1) is 8.08. The highest BCUT2D eigenvalue weighted by atomic mass is 35.5. The van der Waals surface area contributed by atoms with Crippen molar-refractivity contribution < 1.29 is 9.90 Å². The van der Waals surface area contributed by atoms with Gasteiger partial charge in [-0.05, 0) is 17.7 Å². The van der Waals surface area contributed by atoms with Crippen LogP contribution >= 0.6 is 23.2 Å². The third-order valence-electron chi connectivity index (χ3n) is 2.12. The van der Waals surface area contributed by atoms with E-state index in [1.165, 1.54) is 4.68 Å². The summed E-state index contributed by atoms with van der Waals surface area (Å²) in [6, 6.07) is 7.08. The fourth-order valence-corrected chi connectivity index (χ4v) is 1.63. The number of hydrogen-bond donors (Lipinski definition) is 1. The van der Waals surface area contributed by atoms with Gasteiger partial charge >= 0.3 is 5.97 Å². The Hall–Kier alpha value is -1.59. The lowest BCUT2D eigenvalue weighted by Gasteiger charge is -2.02. The number of aromatic nitrogens is 3. The van der Waals surface area contributed by atoms with Gasteiger partial charge in [-0.1, -0.05) is 40.5 Å². The van der Waals surface area contributed by atoms with Crippen molar-refractivity contribution in [3.05, 3.63) is 45.7 Å². The average molecular weight is 272 g/mol. The fraction of sp³-hybridized carbons (Fsp3) is 0.100. The first-order valence-corrected chi connectivity index (χ1v) is 5.40. The van der Waals surface area contributed by atoms with E-state index in [1.807, 2.05) is 0 Å². The lowest BCUT2D eigenvalue weighted by atomic mass is 10.2. The highest BCUT2D eigenvalue weighted by molar-refractivity contribution is 6.32. The normalized spacial score (nSPS) is 10.5. The summed E-state index contributed by atoms with van der Waals surface area (Å²) in [5, 5.41) is 16.6. The molecule has 1 aromatic carbocycles. The number of hydrogen-bond acceptors (Lipinski definition) is 3. The summed E-state index contributed by atoms with van der Waals surface area (Å²) in [7, 11) is 0. The van der Waals surface area contributed by atoms with Crippen LogP contribution in [0, 0.1) is 0 Å². The standard InChI is InChI=1S/C10H7Cl2N3O2/c11-7-3-1-6(2-4-7)5-15-9(12)8(10(16)17)13-14-15/h1-4H,5H2,(H,16,17). The lowest BCUT2D eigenvalue weighted by Crippen LogP contribution is -2.02. The topological polar surface area (TPSA) is 68.0 Å². The number of carboxylic acids is 1. The molecule has 5 nitrogen and oxygen atoms in total. The van der Waals surface area contributed by atoms with E-state index in [9.17, 15) is 4.79 Å². The number of halogens is 2. The van der Waals surface area contributed by atoms with Gasteiger partial charge in [0.1, 0.15) is 0 Å². The van der Waals surface area contributed by atoms with E-state index < -0.39 is 5.97 Å². The molecule has 0 unspecified atom stereocenters. The van der Waals surface area contributed by atoms with Crippen LogP contribution in [0.1, 0.15) is 16.1 Å². The van der Waals surface area contributed by atoms with Gasteiger partial charge in [0, 0.05) is 5.02 Å². The minimum atomic E-state index is -1.20. The number of carboxylic acid groups (broad SMARTS) is 1. The second kappa shape index (κ2) is 4.73. The van der Waals surface area contributed by atoms with Crippen molar-refractivity contribution >= 4 is 29.2 Å². The van der Waals surface area contributed by atoms with Crippen LogP contribution in [0.4, 0.5) is 0 Å². The summed E-state index contributed by atoms with van der Waals surface area (Å²) >= 11 is 11.6. The van der Waals surface area contributed by atoms with Crippen LogP contribution in [0.5, 0.6) is 0 Å². The molecule has 2 aromatic rings. The van der Waals surface area contributed by atoms with Gasteiger partial charge in [-0.3, -0.25) is 0 Å². The Labute approximate surface area is 107 Å². The highest BCUT2D eigenvalue weighted by Crippen LogP contribution is 2.16. The maximum Gasteiger partial charge on any atom is 0.359 e. The number of carbonyl (C=O) groups is 1. The molecule has 17 heavy (non-hydrogen) atoms. The van der Waals surface area contributed by atoms with E-state index in [0.717, 1.165) is 5.56 Å². The van der Waals surface area contributed by atoms with Gasteiger partial charge < -0.3 is 5.11 Å². The Morgan fingerprint density at radius 3 is 2.47 bits per heavy atom. The molecule has 0 saturated carbocycles. The van der Waals surface area contributed by atoms with Gasteiger partial charge in [-0.15, -0.1) is 5.10 Å². The number of aromatic carboxylic acids is 1. The Morgan fingerprint density at radius 2 is 1.94 bits per heavy atom. The number of rotatable bonds is 3. The predicted octanol–water partition coefficient (Wildman–Crippen LogP) is 2.33. The molecule has 1 N–H and O–H groups in total. The maximum absolute atomic E-state index is 10.7. The summed E-state index contributed by atoms with van der Waals surface area (Å²) in [5.74, 6) is -1.20. The van der Waals surface area contributed by atoms with Crippen LogP contribution < -0.4 is 0 Å². The highest BCUT2D eigenvalue weighted by Gasteiger charge is 2.16. The van der Waals surface area contributed by atoms with Crippen LogP contribution in [0.15, 0.2) is 24.3 Å². The van der Waals surface area contributed by atoms with Gasteiger partial charge in [-0.25, -0.2) is 9.48 Å². The quantitative estimate of drug-likeness (QED) is 0.931. The molecule has 0 aliphatic heterocycles. The van der Waals surface area contributed by atoms with Crippen molar-refractivity contribution in [1.82, 2.24) is 15.0 Å². The Balaban J connectivity index is 2.24. The van der Waals surface area contributed by atoms with Crippen molar-refractivity contribution in [2.75, 3.05) is 0 Å². The Bertz CT molecular complexity index is 551. The molecule has 0 radical (unpaired) electrons. The smallest absolute Gasteiger partial charge is 0.359 e. The van der Waals surface area contributed by atoms with Crippen LogP contribution in [-0.2, 0) is 6.54 Å². The molecule has 0 amide bonds. The monoisotopic (exact) mass is 271 g/mol. The Morgan fingerprint density at radius 1 is 1.29 bits per heavy atom. The summed E-state index contributed by atoms with van der Waals surface area (Å²) in [6.07, 6.45) is 0. The van der Waals surface area contributed by atoms with Crippen LogP contribution in [0.2, 0.25) is 10.2 Å². The fourth-order valence-electron chi connectivity index (χ4n) is 1.30. The minimum absolute atomic E-state index is 0.00690. The van der Waals surface area contributed by atoms with E-state index in [4.69, 9.17) is 28.3 Å². The molecule has 1 heterocycles. The van der Waals surface area contributed by atoms with Crippen molar-refractivity contribution in [1.29, 1.82) is 0 Å². The van der Waals surface area contributed by atoms with Gasteiger partial charge in [0.2, 0.25) is 5.69 Å². The molecule has 1 aromatic heterocycles. The van der Waals surface area contributed by atoms with E-state index in [-0.39, 0.29) is 10.8 Å². The molecule has 0 bridgehead atoms. The van der Waals surface area contributed by atoms with Crippen LogP contribution in [-0.4, -0.2) is 26.1 Å². The molecule has 0 spiro atoms. The van der Waals surface area contributed by atoms with Crippen molar-refractivity contribution in [2.24, 2.45) is 0 Å². The molecule has 0 aliphatic rings. The molecule has 0 atom stereocenters. The van der Waals surface area contributed by atoms with Gasteiger partial charge in [0.25, 0.3) is 0 Å². The van der Waals surface area contributed by atoms with Gasteiger partial charge in [0.05, 0.1) is 6.54 Å². The van der Waals surface area contributed by atoms with E-state index in [1.54, 1.807) is 24.3 Å². The minimum Gasteiger partial charge on any atom is -0.476 e. The molecular formula is C10H7Cl2N3O2. The zero-order valence-corrected chi connectivity index (χ0v) is 9.98. The van der Waals surface area contributed by atoms with Gasteiger partial charge in [-0.2, -0.15) is 0 Å². The molecule has 2 rings (SSSR count). The first-order valence-electron chi connectivity index (χ1n) is 4.64. The number of benzene rings is 1. The second-order valence-electron chi connectivity index (χ2n) is 3.32. The lowest BCUT2D eigenvalue weighted by molar-refractivity contribution is 0.0690. The number of nitrogens with zero attached hydrogens (tertiary/aromatic N) is 3. The SMILES string of the molecule is O=C(O)c1nnn(Cc2ccc(Cl)cc2)c1Cl. The van der Waals surface area contributed by atoms with Crippen molar-refractivity contribution in [2.45, 2.75) is 6.54 Å². The predicted molar refractivity (Wildman–Crippen MR) is 62.5 cm³/mol. The average Bonchev–Trinajstić information content (AvgIpc) is 2.64. The largest absolute Gasteiger partial charge is 0.476 e. The van der Waals surface area contributed by atoms with Crippen molar-refractivity contribution in [3.8, 4) is 0 Å². The zero-order chi connectivity index (χ0) is 12.4. The van der Waals surface area contributed by atoms with Crippen LogP contribution in [0.3, 0.4) is 0 Å². The molecule has 88 valence electrons. The Kier molecular flexibility index (Phi) is 3.31. The van der Waals surface area contributed by atoms with Gasteiger partial charge in [0.15, 0.2) is 5.15 Å². The molecule has 7 heteroatoms. The third kappa shape index (κ3) is 2.57. The summed E-state index contributed by atoms with van der Waals surface area (Å²) in [4.78, 5) is 10.7. The summed E-state index contributed by atoms with van der Waals surface area (Å²) < 4.78 is 1.31. The maximum atomic E-state index is 10.7. The zero-order valence-electron chi connectivity index (χ0n) is 8.47. The third-order valence-corrected chi connectivity index (χ3v) is 2.75.